The Kier molecular flexibility index (Phi) is 10.9. The normalized spacial score (nSPS) is 16.4. The predicted molar refractivity (Wildman–Crippen MR) is 117 cm³/mol. The van der Waals surface area contributed by atoms with Gasteiger partial charge in [0.2, 0.25) is 0 Å². The highest BCUT2D eigenvalue weighted by molar-refractivity contribution is 7.90. The summed E-state index contributed by atoms with van der Waals surface area (Å²) in [6, 6.07) is 8.98. The van der Waals surface area contributed by atoms with Crippen molar-refractivity contribution < 1.29 is 18.3 Å². The molecule has 0 aliphatic carbocycles. The summed E-state index contributed by atoms with van der Waals surface area (Å²) in [4.78, 5) is 2.27. The Balaban J connectivity index is 1.55. The number of rotatable bonds is 14. The molecule has 1 heterocycles. The molecule has 2 N–H and O–H groups in total. The average molecular weight is 428 g/mol. The largest absolute Gasteiger partial charge is 0.395 e. The van der Waals surface area contributed by atoms with Crippen LogP contribution in [-0.2, 0) is 14.9 Å². The van der Waals surface area contributed by atoms with Gasteiger partial charge in [0.1, 0.15) is 0 Å². The fraction of sp³-hybridized carbons (Fsp3) is 0.714. The number of aliphatic hydroxyl groups is 1. The zero-order valence-electron chi connectivity index (χ0n) is 17.6. The van der Waals surface area contributed by atoms with Gasteiger partial charge in [0, 0.05) is 31.9 Å². The Bertz CT molecular complexity index is 649. The van der Waals surface area contributed by atoms with Crippen LogP contribution < -0.4 is 4.72 Å². The first kappa shape index (κ1) is 24.1. The first-order valence-corrected chi connectivity index (χ1v) is 12.3. The van der Waals surface area contributed by atoms with E-state index >= 15 is 0 Å². The summed E-state index contributed by atoms with van der Waals surface area (Å²) in [5, 5.41) is 8.99. The minimum Gasteiger partial charge on any atom is -0.395 e. The first-order valence-electron chi connectivity index (χ1n) is 10.8. The fourth-order valence-corrected chi connectivity index (χ4v) is 4.82. The van der Waals surface area contributed by atoms with Crippen LogP contribution in [0.2, 0.25) is 0 Å². The topological polar surface area (TPSA) is 82.1 Å². The zero-order chi connectivity index (χ0) is 21.0. The Morgan fingerprint density at radius 2 is 1.79 bits per heavy atom. The molecule has 166 valence electrons. The van der Waals surface area contributed by atoms with Gasteiger partial charge < -0.3 is 14.7 Å². The summed E-state index contributed by atoms with van der Waals surface area (Å²) in [5.74, 6) is 0. The van der Waals surface area contributed by atoms with E-state index in [1.165, 1.54) is 10.7 Å². The van der Waals surface area contributed by atoms with Gasteiger partial charge >= 0.3 is 10.2 Å². The number of ether oxygens (including phenoxy) is 1. The molecule has 0 aromatic heterocycles. The second-order valence-corrected chi connectivity index (χ2v) is 9.19. The minimum absolute atomic E-state index is 0.151. The van der Waals surface area contributed by atoms with Gasteiger partial charge in [0.05, 0.1) is 12.7 Å². The number of nitrogens with zero attached hydrogens (tertiary/aromatic N) is 2. The van der Waals surface area contributed by atoms with Crippen LogP contribution in [0.4, 0.5) is 5.69 Å². The molecule has 0 unspecified atom stereocenters. The molecular formula is C21H37N3O4S. The van der Waals surface area contributed by atoms with E-state index in [4.69, 9.17) is 9.84 Å². The Hall–Kier alpha value is -1.19. The molecule has 1 saturated heterocycles. The predicted octanol–water partition coefficient (Wildman–Crippen LogP) is 2.70. The standard InChI is InChI=1S/C21H37N3O4S/c1-2-23(17-18-25)14-8-3-4-9-19-28-21-12-15-24(16-13-21)29(26,27)22-20-10-6-5-7-11-20/h5-7,10-11,21-22,25H,2-4,8-9,12-19H2,1H3. The maximum Gasteiger partial charge on any atom is 0.301 e. The summed E-state index contributed by atoms with van der Waals surface area (Å²) < 4.78 is 35.1. The lowest BCUT2D eigenvalue weighted by Gasteiger charge is -2.31. The summed E-state index contributed by atoms with van der Waals surface area (Å²) in [6.07, 6.45) is 6.14. The lowest BCUT2D eigenvalue weighted by molar-refractivity contribution is 0.0193. The van der Waals surface area contributed by atoms with Crippen molar-refractivity contribution in [2.24, 2.45) is 0 Å². The molecular weight excluding hydrogens is 390 g/mol. The number of unbranched alkanes of at least 4 members (excludes halogenated alkanes) is 3. The lowest BCUT2D eigenvalue weighted by Crippen LogP contribution is -2.43. The van der Waals surface area contributed by atoms with Crippen molar-refractivity contribution in [3.63, 3.8) is 0 Å². The van der Waals surface area contributed by atoms with Crippen LogP contribution in [0.1, 0.15) is 45.4 Å². The number of aliphatic hydroxyl groups excluding tert-OH is 1. The average Bonchev–Trinajstić information content (AvgIpc) is 2.73. The van der Waals surface area contributed by atoms with Crippen molar-refractivity contribution in [2.45, 2.75) is 51.6 Å². The van der Waals surface area contributed by atoms with E-state index in [1.54, 1.807) is 12.1 Å². The lowest BCUT2D eigenvalue weighted by atomic mass is 10.1. The number of likely N-dealkylation sites (N-methyl/N-ethyl adjacent to an activating group) is 1. The molecule has 0 saturated carbocycles. The maximum absolute atomic E-state index is 12.5. The molecule has 0 amide bonds. The molecule has 1 aromatic carbocycles. The van der Waals surface area contributed by atoms with Crippen molar-refractivity contribution in [1.29, 1.82) is 0 Å². The molecule has 2 rings (SSSR count). The first-order chi connectivity index (χ1) is 14.0. The molecule has 29 heavy (non-hydrogen) atoms. The highest BCUT2D eigenvalue weighted by Crippen LogP contribution is 2.19. The van der Waals surface area contributed by atoms with E-state index in [9.17, 15) is 8.42 Å². The SMILES string of the molecule is CCN(CCO)CCCCCCOC1CCN(S(=O)(=O)Nc2ccccc2)CC1. The van der Waals surface area contributed by atoms with E-state index in [-0.39, 0.29) is 12.7 Å². The van der Waals surface area contributed by atoms with E-state index in [0.29, 0.717) is 18.8 Å². The monoisotopic (exact) mass is 427 g/mol. The third-order valence-corrected chi connectivity index (χ3v) is 6.89. The van der Waals surface area contributed by atoms with Gasteiger partial charge in [-0.1, -0.05) is 38.0 Å². The second-order valence-electron chi connectivity index (χ2n) is 7.51. The van der Waals surface area contributed by atoms with Gasteiger partial charge in [-0.05, 0) is 50.9 Å². The Morgan fingerprint density at radius 3 is 2.45 bits per heavy atom. The molecule has 1 aliphatic rings. The molecule has 0 spiro atoms. The van der Waals surface area contributed by atoms with E-state index < -0.39 is 10.2 Å². The van der Waals surface area contributed by atoms with Crippen LogP contribution in [0.25, 0.3) is 0 Å². The highest BCUT2D eigenvalue weighted by Gasteiger charge is 2.28. The van der Waals surface area contributed by atoms with Crippen LogP contribution >= 0.6 is 0 Å². The number of piperidine rings is 1. The molecule has 1 aromatic rings. The van der Waals surface area contributed by atoms with Crippen molar-refractivity contribution in [3.8, 4) is 0 Å². The van der Waals surface area contributed by atoms with Gasteiger partial charge in [-0.15, -0.1) is 0 Å². The Morgan fingerprint density at radius 1 is 1.10 bits per heavy atom. The molecule has 0 bridgehead atoms. The number of benzene rings is 1. The van der Waals surface area contributed by atoms with Crippen molar-refractivity contribution in [3.05, 3.63) is 30.3 Å². The van der Waals surface area contributed by atoms with E-state index in [1.807, 2.05) is 18.2 Å². The summed E-state index contributed by atoms with van der Waals surface area (Å²) >= 11 is 0. The molecule has 7 nitrogen and oxygen atoms in total. The smallest absolute Gasteiger partial charge is 0.301 e. The number of para-hydroxylation sites is 1. The van der Waals surface area contributed by atoms with Crippen LogP contribution in [0.3, 0.4) is 0 Å². The molecule has 0 radical (unpaired) electrons. The Labute approximate surface area is 176 Å². The van der Waals surface area contributed by atoms with Crippen LogP contribution in [-0.4, -0.2) is 74.8 Å². The number of hydrogen-bond donors (Lipinski definition) is 2. The third kappa shape index (κ3) is 9.00. The van der Waals surface area contributed by atoms with Crippen LogP contribution in [0, 0.1) is 0 Å². The van der Waals surface area contributed by atoms with Crippen molar-refractivity contribution in [2.75, 3.05) is 50.7 Å². The molecule has 8 heteroatoms. The molecule has 0 atom stereocenters. The second kappa shape index (κ2) is 13.2. The van der Waals surface area contributed by atoms with Crippen LogP contribution in [0.5, 0.6) is 0 Å². The van der Waals surface area contributed by atoms with E-state index in [2.05, 4.69) is 16.5 Å². The van der Waals surface area contributed by atoms with Gasteiger partial charge in [-0.2, -0.15) is 12.7 Å². The number of nitrogens with one attached hydrogen (secondary N) is 1. The van der Waals surface area contributed by atoms with Gasteiger partial charge in [-0.25, -0.2) is 0 Å². The van der Waals surface area contributed by atoms with Gasteiger partial charge in [0.25, 0.3) is 0 Å². The third-order valence-electron chi connectivity index (χ3n) is 5.35. The van der Waals surface area contributed by atoms with E-state index in [0.717, 1.165) is 58.3 Å². The fourth-order valence-electron chi connectivity index (χ4n) is 3.57. The van der Waals surface area contributed by atoms with Crippen molar-refractivity contribution in [1.82, 2.24) is 9.21 Å². The maximum atomic E-state index is 12.5. The summed E-state index contributed by atoms with van der Waals surface area (Å²) in [7, 11) is -3.50. The number of hydrogen-bond acceptors (Lipinski definition) is 5. The quantitative estimate of drug-likeness (QED) is 0.446. The highest BCUT2D eigenvalue weighted by atomic mass is 32.2. The number of anilines is 1. The molecule has 1 aliphatic heterocycles. The van der Waals surface area contributed by atoms with Gasteiger partial charge in [0.15, 0.2) is 0 Å². The summed E-state index contributed by atoms with van der Waals surface area (Å²) in [5.41, 5.74) is 0.587. The zero-order valence-corrected chi connectivity index (χ0v) is 18.4. The summed E-state index contributed by atoms with van der Waals surface area (Å²) in [6.45, 7) is 6.86. The van der Waals surface area contributed by atoms with Crippen molar-refractivity contribution >= 4 is 15.9 Å². The van der Waals surface area contributed by atoms with Crippen LogP contribution in [0.15, 0.2) is 30.3 Å². The van der Waals surface area contributed by atoms with Gasteiger partial charge in [-0.3, -0.25) is 4.72 Å². The minimum atomic E-state index is -3.50. The molecule has 1 fully saturated rings.